The van der Waals surface area contributed by atoms with Gasteiger partial charge in [0.25, 0.3) is 0 Å². The van der Waals surface area contributed by atoms with E-state index in [0.29, 0.717) is 4.83 Å². The molecular weight excluding hydrogens is 324 g/mol. The lowest BCUT2D eigenvalue weighted by molar-refractivity contribution is 0.409. The molecule has 112 valence electrons. The van der Waals surface area contributed by atoms with Crippen molar-refractivity contribution in [3.63, 3.8) is 0 Å². The summed E-state index contributed by atoms with van der Waals surface area (Å²) in [5.41, 5.74) is 3.98. The number of alkyl halides is 1. The van der Waals surface area contributed by atoms with Crippen molar-refractivity contribution in [3.8, 4) is 5.75 Å². The topological polar surface area (TPSA) is 9.23 Å². The van der Waals surface area contributed by atoms with Gasteiger partial charge in [0, 0.05) is 4.83 Å². The van der Waals surface area contributed by atoms with Crippen LogP contribution in [0.2, 0.25) is 0 Å². The Labute approximate surface area is 136 Å². The standard InChI is InChI=1S/C19H23BrO/c1-3-4-7-15-10-12-16(13-11-15)18(20)14-17-8-5-6-9-19(17)21-2/h5-6,8-13,18H,3-4,7,14H2,1-2H3. The molecule has 0 heterocycles. The quantitative estimate of drug-likeness (QED) is 0.582. The smallest absolute Gasteiger partial charge is 0.122 e. The molecular formula is C19H23BrO. The van der Waals surface area contributed by atoms with Gasteiger partial charge in [0.05, 0.1) is 7.11 Å². The molecule has 2 aromatic rings. The lowest BCUT2D eigenvalue weighted by Crippen LogP contribution is -1.98. The summed E-state index contributed by atoms with van der Waals surface area (Å²) in [7, 11) is 1.73. The van der Waals surface area contributed by atoms with E-state index in [1.54, 1.807) is 7.11 Å². The van der Waals surface area contributed by atoms with Crippen molar-refractivity contribution in [2.24, 2.45) is 0 Å². The highest BCUT2D eigenvalue weighted by molar-refractivity contribution is 9.09. The van der Waals surface area contributed by atoms with E-state index in [4.69, 9.17) is 4.74 Å². The van der Waals surface area contributed by atoms with Crippen LogP contribution in [0.5, 0.6) is 5.75 Å². The Balaban J connectivity index is 2.04. The second-order valence-electron chi connectivity index (χ2n) is 5.33. The number of para-hydroxylation sites is 1. The minimum Gasteiger partial charge on any atom is -0.496 e. The lowest BCUT2D eigenvalue weighted by atomic mass is 10.0. The van der Waals surface area contributed by atoms with Gasteiger partial charge in [-0.15, -0.1) is 0 Å². The van der Waals surface area contributed by atoms with Crippen molar-refractivity contribution in [1.29, 1.82) is 0 Å². The summed E-state index contributed by atoms with van der Waals surface area (Å²) in [6.07, 6.45) is 4.61. The van der Waals surface area contributed by atoms with Crippen LogP contribution >= 0.6 is 15.9 Å². The highest BCUT2D eigenvalue weighted by Gasteiger charge is 2.11. The number of aryl methyl sites for hydroxylation is 1. The van der Waals surface area contributed by atoms with Crippen LogP contribution < -0.4 is 4.74 Å². The van der Waals surface area contributed by atoms with Gasteiger partial charge in [-0.25, -0.2) is 0 Å². The lowest BCUT2D eigenvalue weighted by Gasteiger charge is -2.13. The molecule has 2 rings (SSSR count). The van der Waals surface area contributed by atoms with Gasteiger partial charge in [-0.2, -0.15) is 0 Å². The molecule has 0 fully saturated rings. The van der Waals surface area contributed by atoms with E-state index in [1.807, 2.05) is 12.1 Å². The molecule has 0 aliphatic carbocycles. The fraction of sp³-hybridized carbons (Fsp3) is 0.368. The highest BCUT2D eigenvalue weighted by atomic mass is 79.9. The molecule has 1 unspecified atom stereocenters. The van der Waals surface area contributed by atoms with Crippen molar-refractivity contribution < 1.29 is 4.74 Å². The predicted molar refractivity (Wildman–Crippen MR) is 93.4 cm³/mol. The molecule has 0 aliphatic heterocycles. The van der Waals surface area contributed by atoms with Gasteiger partial charge in [0.15, 0.2) is 0 Å². The summed E-state index contributed by atoms with van der Waals surface area (Å²) in [5.74, 6) is 0.960. The predicted octanol–water partition coefficient (Wildman–Crippen LogP) is 5.72. The van der Waals surface area contributed by atoms with Gasteiger partial charge in [0.1, 0.15) is 5.75 Å². The summed E-state index contributed by atoms with van der Waals surface area (Å²) in [6.45, 7) is 2.23. The number of ether oxygens (including phenoxy) is 1. The van der Waals surface area contributed by atoms with Crippen molar-refractivity contribution >= 4 is 15.9 Å². The van der Waals surface area contributed by atoms with Crippen LogP contribution in [0.4, 0.5) is 0 Å². The molecule has 0 radical (unpaired) electrons. The Morgan fingerprint density at radius 3 is 2.43 bits per heavy atom. The van der Waals surface area contributed by atoms with Crippen molar-refractivity contribution in [2.75, 3.05) is 7.11 Å². The average molecular weight is 347 g/mol. The monoisotopic (exact) mass is 346 g/mol. The minimum atomic E-state index is 0.314. The second-order valence-corrected chi connectivity index (χ2v) is 6.43. The molecule has 0 aliphatic rings. The maximum atomic E-state index is 5.42. The van der Waals surface area contributed by atoms with Crippen LogP contribution in [0.1, 0.15) is 41.3 Å². The van der Waals surface area contributed by atoms with Gasteiger partial charge < -0.3 is 4.74 Å². The van der Waals surface area contributed by atoms with Gasteiger partial charge in [-0.05, 0) is 42.0 Å². The summed E-state index contributed by atoms with van der Waals surface area (Å²) in [5, 5.41) is 0. The number of hydrogen-bond donors (Lipinski definition) is 0. The zero-order valence-electron chi connectivity index (χ0n) is 12.8. The van der Waals surface area contributed by atoms with E-state index < -0.39 is 0 Å². The van der Waals surface area contributed by atoms with E-state index in [9.17, 15) is 0 Å². The molecule has 0 amide bonds. The second kappa shape index (κ2) is 8.23. The number of unbranched alkanes of at least 4 members (excludes halogenated alkanes) is 1. The Morgan fingerprint density at radius 2 is 1.76 bits per heavy atom. The van der Waals surface area contributed by atoms with Gasteiger partial charge in [-0.3, -0.25) is 0 Å². The van der Waals surface area contributed by atoms with Gasteiger partial charge >= 0.3 is 0 Å². The fourth-order valence-electron chi connectivity index (χ4n) is 2.46. The zero-order valence-corrected chi connectivity index (χ0v) is 14.4. The molecule has 0 spiro atoms. The first-order valence-electron chi connectivity index (χ1n) is 7.59. The van der Waals surface area contributed by atoms with Gasteiger partial charge in [-0.1, -0.05) is 71.7 Å². The molecule has 2 heteroatoms. The van der Waals surface area contributed by atoms with Crippen molar-refractivity contribution in [1.82, 2.24) is 0 Å². The largest absolute Gasteiger partial charge is 0.496 e. The maximum absolute atomic E-state index is 5.42. The first-order chi connectivity index (χ1) is 10.2. The van der Waals surface area contributed by atoms with E-state index in [1.165, 1.54) is 36.0 Å². The normalized spacial score (nSPS) is 12.1. The molecule has 1 atom stereocenters. The van der Waals surface area contributed by atoms with Gasteiger partial charge in [0.2, 0.25) is 0 Å². The van der Waals surface area contributed by atoms with E-state index >= 15 is 0 Å². The third-order valence-electron chi connectivity index (χ3n) is 3.75. The molecule has 0 saturated carbocycles. The third-order valence-corrected chi connectivity index (χ3v) is 4.60. The average Bonchev–Trinajstić information content (AvgIpc) is 2.54. The van der Waals surface area contributed by atoms with Crippen LogP contribution in [0.15, 0.2) is 48.5 Å². The molecule has 0 aromatic heterocycles. The Morgan fingerprint density at radius 1 is 1.05 bits per heavy atom. The number of halogens is 1. The third kappa shape index (κ3) is 4.60. The van der Waals surface area contributed by atoms with E-state index in [2.05, 4.69) is 59.3 Å². The molecule has 1 nitrogen and oxygen atoms in total. The van der Waals surface area contributed by atoms with Crippen LogP contribution in [0.25, 0.3) is 0 Å². The SMILES string of the molecule is CCCCc1ccc(C(Br)Cc2ccccc2OC)cc1. The summed E-state index contributed by atoms with van der Waals surface area (Å²) >= 11 is 3.81. The van der Waals surface area contributed by atoms with Crippen LogP contribution in [0, 0.1) is 0 Å². The van der Waals surface area contributed by atoms with Crippen LogP contribution in [-0.2, 0) is 12.8 Å². The number of benzene rings is 2. The molecule has 21 heavy (non-hydrogen) atoms. The summed E-state index contributed by atoms with van der Waals surface area (Å²) in [4.78, 5) is 0.314. The molecule has 0 N–H and O–H groups in total. The number of hydrogen-bond acceptors (Lipinski definition) is 1. The first-order valence-corrected chi connectivity index (χ1v) is 8.51. The van der Waals surface area contributed by atoms with Crippen molar-refractivity contribution in [2.45, 2.75) is 37.4 Å². The summed E-state index contributed by atoms with van der Waals surface area (Å²) in [6, 6.07) is 17.2. The fourth-order valence-corrected chi connectivity index (χ4v) is 3.11. The van der Waals surface area contributed by atoms with Crippen LogP contribution in [0.3, 0.4) is 0 Å². The summed E-state index contributed by atoms with van der Waals surface area (Å²) < 4.78 is 5.42. The Hall–Kier alpha value is -1.28. The number of rotatable bonds is 7. The van der Waals surface area contributed by atoms with Crippen molar-refractivity contribution in [3.05, 3.63) is 65.2 Å². The Bertz CT molecular complexity index is 548. The van der Waals surface area contributed by atoms with Crippen LogP contribution in [-0.4, -0.2) is 7.11 Å². The minimum absolute atomic E-state index is 0.314. The molecule has 2 aromatic carbocycles. The van der Waals surface area contributed by atoms with E-state index in [0.717, 1.165) is 12.2 Å². The van der Waals surface area contributed by atoms with E-state index in [-0.39, 0.29) is 0 Å². The number of methoxy groups -OCH3 is 1. The first kappa shape index (κ1) is 16.1. The maximum Gasteiger partial charge on any atom is 0.122 e. The molecule has 0 bridgehead atoms. The zero-order chi connectivity index (χ0) is 15.1. The molecule has 0 saturated heterocycles. The Kier molecular flexibility index (Phi) is 6.31. The highest BCUT2D eigenvalue weighted by Crippen LogP contribution is 2.30.